The Morgan fingerprint density at radius 3 is 1.04 bits per heavy atom. The van der Waals surface area contributed by atoms with E-state index in [4.69, 9.17) is 0 Å². The fraction of sp³-hybridized carbons (Fsp3) is 0.765. The predicted octanol–water partition coefficient (Wildman–Crippen LogP) is 17.1. The molecule has 0 N–H and O–H groups in total. The maximum Gasteiger partial charge on any atom is 0.125 e. The summed E-state index contributed by atoms with van der Waals surface area (Å²) < 4.78 is 1.16. The molecule has 0 saturated heterocycles. The molecule has 0 amide bonds. The van der Waals surface area contributed by atoms with Crippen molar-refractivity contribution in [2.75, 3.05) is 13.6 Å². The fourth-order valence-electron chi connectivity index (χ4n) is 9.20. The number of unbranched alkanes of at least 4 members (excludes halogenated alkanes) is 27. The molecular weight excluding hydrogens is 627 g/mol. The van der Waals surface area contributed by atoms with Gasteiger partial charge in [-0.3, -0.25) is 0 Å². The van der Waals surface area contributed by atoms with Crippen LogP contribution in [-0.4, -0.2) is 18.1 Å². The van der Waals surface area contributed by atoms with Gasteiger partial charge >= 0.3 is 0 Å². The Hall–Kier alpha value is -1.60. The maximum atomic E-state index is 2.68. The van der Waals surface area contributed by atoms with Gasteiger partial charge in [0.05, 0.1) is 13.6 Å². The van der Waals surface area contributed by atoms with Gasteiger partial charge in [0.25, 0.3) is 0 Å². The highest BCUT2D eigenvalue weighted by atomic mass is 15.4. The van der Waals surface area contributed by atoms with Crippen molar-refractivity contribution in [3.63, 3.8) is 0 Å². The van der Waals surface area contributed by atoms with E-state index in [1.165, 1.54) is 218 Å². The van der Waals surface area contributed by atoms with Crippen LogP contribution in [0.3, 0.4) is 0 Å². The first-order chi connectivity index (χ1) is 25.6. The van der Waals surface area contributed by atoms with Crippen LogP contribution in [0.1, 0.15) is 237 Å². The Bertz CT molecular complexity index is 990. The number of nitrogens with zero attached hydrogens (tertiary/aromatic N) is 1. The van der Waals surface area contributed by atoms with Gasteiger partial charge in [-0.1, -0.05) is 248 Å². The van der Waals surface area contributed by atoms with E-state index in [-0.39, 0.29) is 5.54 Å². The summed E-state index contributed by atoms with van der Waals surface area (Å²) in [6, 6.07) is 23.5. The van der Waals surface area contributed by atoms with Crippen LogP contribution in [-0.2, 0) is 12.1 Å². The van der Waals surface area contributed by atoms with Crippen LogP contribution >= 0.6 is 0 Å². The Morgan fingerprint density at radius 1 is 0.365 bits per heavy atom. The van der Waals surface area contributed by atoms with Crippen LogP contribution in [0, 0.1) is 0 Å². The van der Waals surface area contributed by atoms with Crippen LogP contribution in [0.4, 0.5) is 0 Å². The van der Waals surface area contributed by atoms with Crippen molar-refractivity contribution in [3.05, 3.63) is 71.8 Å². The Kier molecular flexibility index (Phi) is 28.4. The maximum absolute atomic E-state index is 2.68. The second kappa shape index (κ2) is 31.7. The molecule has 1 atom stereocenters. The lowest BCUT2D eigenvalue weighted by Crippen LogP contribution is -2.60. The molecule has 0 aliphatic heterocycles. The van der Waals surface area contributed by atoms with Gasteiger partial charge in [-0.05, 0) is 25.7 Å². The topological polar surface area (TPSA) is 0 Å². The van der Waals surface area contributed by atoms with Crippen molar-refractivity contribution in [2.45, 2.75) is 238 Å². The highest BCUT2D eigenvalue weighted by Crippen LogP contribution is 2.45. The lowest BCUT2D eigenvalue weighted by molar-refractivity contribution is -0.981. The SMILES string of the molecule is CCCCCCCCCCCCC(CCCCCCCCCCCC)(c1ccccc1)[N+](C)(CCCCCCCCCCCC)Cc1ccccc1. The first-order valence-corrected chi connectivity index (χ1v) is 23.6. The third-order valence-corrected chi connectivity index (χ3v) is 12.6. The molecule has 0 radical (unpaired) electrons. The molecule has 0 fully saturated rings. The second-order valence-corrected chi connectivity index (χ2v) is 17.2. The lowest BCUT2D eigenvalue weighted by Gasteiger charge is -2.52. The fourth-order valence-corrected chi connectivity index (χ4v) is 9.20. The summed E-state index contributed by atoms with van der Waals surface area (Å²) in [5.74, 6) is 0. The van der Waals surface area contributed by atoms with Gasteiger partial charge in [-0.15, -0.1) is 0 Å². The summed E-state index contributed by atoms with van der Waals surface area (Å²) in [5, 5.41) is 0. The molecule has 2 aromatic rings. The summed E-state index contributed by atoms with van der Waals surface area (Å²) in [7, 11) is 2.68. The van der Waals surface area contributed by atoms with E-state index in [9.17, 15) is 0 Å². The third-order valence-electron chi connectivity index (χ3n) is 12.6. The van der Waals surface area contributed by atoms with Crippen molar-refractivity contribution in [1.29, 1.82) is 0 Å². The van der Waals surface area contributed by atoms with Crippen LogP contribution in [0.15, 0.2) is 60.7 Å². The van der Waals surface area contributed by atoms with Gasteiger partial charge in [0.15, 0.2) is 0 Å². The molecule has 1 unspecified atom stereocenters. The van der Waals surface area contributed by atoms with Crippen molar-refractivity contribution in [1.82, 2.24) is 0 Å². The molecule has 0 aliphatic carbocycles. The molecule has 2 aromatic carbocycles. The average molecular weight is 717 g/mol. The normalized spacial score (nSPS) is 13.1. The Labute approximate surface area is 327 Å². The van der Waals surface area contributed by atoms with E-state index < -0.39 is 0 Å². The highest BCUT2D eigenvalue weighted by Gasteiger charge is 2.48. The largest absolute Gasteiger partial charge is 0.314 e. The van der Waals surface area contributed by atoms with Crippen LogP contribution in [0.2, 0.25) is 0 Å². The highest BCUT2D eigenvalue weighted by molar-refractivity contribution is 5.23. The minimum absolute atomic E-state index is 0.163. The average Bonchev–Trinajstić information content (AvgIpc) is 3.17. The smallest absolute Gasteiger partial charge is 0.125 e. The lowest BCUT2D eigenvalue weighted by atomic mass is 9.76. The molecule has 0 bridgehead atoms. The standard InChI is InChI=1S/C51H90N/c1-5-8-11-14-17-20-23-26-29-38-45-51(50-43-36-33-37-44-50,46-39-30-27-24-21-18-15-12-9-6-2)52(4,48-49-41-34-32-35-42-49)47-40-31-28-25-22-19-16-13-10-7-3/h32-37,41-44H,5-31,38-40,45-48H2,1-4H3/q+1. The first-order valence-electron chi connectivity index (χ1n) is 23.6. The van der Waals surface area contributed by atoms with E-state index in [2.05, 4.69) is 88.5 Å². The van der Waals surface area contributed by atoms with Crippen LogP contribution < -0.4 is 0 Å². The van der Waals surface area contributed by atoms with Gasteiger partial charge in [-0.25, -0.2) is 0 Å². The zero-order valence-corrected chi connectivity index (χ0v) is 35.8. The Morgan fingerprint density at radius 2 is 0.673 bits per heavy atom. The van der Waals surface area contributed by atoms with Crippen molar-refractivity contribution >= 4 is 0 Å². The summed E-state index contributed by atoms with van der Waals surface area (Å²) in [6.07, 6.45) is 45.0. The van der Waals surface area contributed by atoms with Crippen LogP contribution in [0.5, 0.6) is 0 Å². The predicted molar refractivity (Wildman–Crippen MR) is 234 cm³/mol. The second-order valence-electron chi connectivity index (χ2n) is 17.2. The van der Waals surface area contributed by atoms with E-state index in [0.29, 0.717) is 0 Å². The summed E-state index contributed by atoms with van der Waals surface area (Å²) in [6.45, 7) is 9.41. The molecular formula is C51H90N+. The Balaban J connectivity index is 2.19. The van der Waals surface area contributed by atoms with Crippen LogP contribution in [0.25, 0.3) is 0 Å². The molecule has 1 heteroatoms. The number of hydrogen-bond donors (Lipinski definition) is 0. The molecule has 2 rings (SSSR count). The van der Waals surface area contributed by atoms with Gasteiger partial charge in [0.2, 0.25) is 0 Å². The van der Waals surface area contributed by atoms with Gasteiger partial charge in [-0.2, -0.15) is 0 Å². The van der Waals surface area contributed by atoms with E-state index in [1.54, 1.807) is 5.56 Å². The molecule has 0 aromatic heterocycles. The summed E-state index contributed by atoms with van der Waals surface area (Å²) in [4.78, 5) is 0. The van der Waals surface area contributed by atoms with Crippen molar-refractivity contribution < 1.29 is 4.48 Å². The van der Waals surface area contributed by atoms with Gasteiger partial charge in [0, 0.05) is 24.0 Å². The zero-order valence-electron chi connectivity index (χ0n) is 35.8. The molecule has 0 heterocycles. The first kappa shape index (κ1) is 46.6. The summed E-state index contributed by atoms with van der Waals surface area (Å²) >= 11 is 0. The third kappa shape index (κ3) is 20.2. The van der Waals surface area contributed by atoms with E-state index >= 15 is 0 Å². The van der Waals surface area contributed by atoms with Gasteiger partial charge in [0.1, 0.15) is 12.1 Å². The van der Waals surface area contributed by atoms with Crippen molar-refractivity contribution in [3.8, 4) is 0 Å². The van der Waals surface area contributed by atoms with E-state index in [0.717, 1.165) is 11.0 Å². The molecule has 52 heavy (non-hydrogen) atoms. The summed E-state index contributed by atoms with van der Waals surface area (Å²) in [5.41, 5.74) is 3.30. The number of hydrogen-bond acceptors (Lipinski definition) is 0. The number of quaternary nitrogens is 1. The number of benzene rings is 2. The number of rotatable bonds is 37. The molecule has 0 saturated carbocycles. The van der Waals surface area contributed by atoms with E-state index in [1.807, 2.05) is 0 Å². The minimum atomic E-state index is 0.163. The van der Waals surface area contributed by atoms with Gasteiger partial charge < -0.3 is 4.48 Å². The monoisotopic (exact) mass is 717 g/mol. The van der Waals surface area contributed by atoms with Crippen molar-refractivity contribution in [2.24, 2.45) is 0 Å². The molecule has 0 spiro atoms. The zero-order chi connectivity index (χ0) is 37.3. The minimum Gasteiger partial charge on any atom is -0.314 e. The molecule has 298 valence electrons. The molecule has 0 aliphatic rings. The quantitative estimate of drug-likeness (QED) is 0.0482. The molecule has 1 nitrogen and oxygen atoms in total.